The van der Waals surface area contributed by atoms with E-state index >= 15 is 0 Å². The van der Waals surface area contributed by atoms with Crippen molar-refractivity contribution in [2.45, 2.75) is 25.7 Å². The zero-order valence-electron chi connectivity index (χ0n) is 11.8. The van der Waals surface area contributed by atoms with Gasteiger partial charge in [0, 0.05) is 41.4 Å². The molecule has 0 unspecified atom stereocenters. The molecule has 1 aliphatic carbocycles. The molecule has 2 aliphatic rings. The van der Waals surface area contributed by atoms with Gasteiger partial charge in [0.1, 0.15) is 5.78 Å². The third kappa shape index (κ3) is 3.09. The van der Waals surface area contributed by atoms with E-state index in [1.807, 2.05) is 24.0 Å². The fraction of sp³-hybridized carbons (Fsp3) is 0.500. The first-order valence-electron chi connectivity index (χ1n) is 7.23. The molecule has 3 nitrogen and oxygen atoms in total. The second kappa shape index (κ2) is 5.62. The van der Waals surface area contributed by atoms with Crippen LogP contribution in [0.2, 0.25) is 10.0 Å². The third-order valence-electron chi connectivity index (χ3n) is 4.40. The quantitative estimate of drug-likeness (QED) is 0.834. The molecule has 3 atom stereocenters. The third-order valence-corrected chi connectivity index (χ3v) is 4.84. The first kappa shape index (κ1) is 14.9. The molecule has 5 heteroatoms. The van der Waals surface area contributed by atoms with Gasteiger partial charge in [0.15, 0.2) is 0 Å². The van der Waals surface area contributed by atoms with Crippen molar-refractivity contribution >= 4 is 34.9 Å². The molecule has 0 radical (unpaired) electrons. The van der Waals surface area contributed by atoms with Crippen molar-refractivity contribution in [2.24, 2.45) is 11.8 Å². The van der Waals surface area contributed by atoms with E-state index in [0.29, 0.717) is 29.6 Å². The molecule has 1 aromatic rings. The van der Waals surface area contributed by atoms with Gasteiger partial charge in [-0.15, -0.1) is 0 Å². The highest BCUT2D eigenvalue weighted by Gasteiger charge is 2.46. The van der Waals surface area contributed by atoms with Crippen LogP contribution in [-0.4, -0.2) is 29.7 Å². The molecule has 1 aliphatic heterocycles. The number of carbonyl (C=O) groups excluding carboxylic acids is 2. The molecular formula is C16H17Cl2NO2. The number of likely N-dealkylation sites (tertiary alicyclic amines) is 1. The summed E-state index contributed by atoms with van der Waals surface area (Å²) in [6.45, 7) is 3.00. The van der Waals surface area contributed by atoms with Crippen molar-refractivity contribution in [3.05, 3.63) is 33.8 Å². The maximum atomic E-state index is 12.5. The Kier molecular flexibility index (Phi) is 3.98. The maximum Gasteiger partial charge on any atom is 0.226 e. The molecular weight excluding hydrogens is 309 g/mol. The van der Waals surface area contributed by atoms with Crippen LogP contribution in [0.25, 0.3) is 0 Å². The molecule has 1 saturated heterocycles. The number of halogens is 2. The normalized spacial score (nSPS) is 28.6. The number of Topliss-reactive ketones (excluding diaryl/α,β-unsaturated/α-hetero) is 1. The van der Waals surface area contributed by atoms with Gasteiger partial charge < -0.3 is 4.90 Å². The van der Waals surface area contributed by atoms with E-state index in [-0.39, 0.29) is 29.4 Å². The summed E-state index contributed by atoms with van der Waals surface area (Å²) in [6, 6.07) is 5.46. The van der Waals surface area contributed by atoms with E-state index in [4.69, 9.17) is 23.2 Å². The summed E-state index contributed by atoms with van der Waals surface area (Å²) in [5.74, 6) is 0.602. The molecule has 112 valence electrons. The van der Waals surface area contributed by atoms with Crippen LogP contribution in [-0.2, 0) is 9.59 Å². The Labute approximate surface area is 134 Å². The van der Waals surface area contributed by atoms with Gasteiger partial charge >= 0.3 is 0 Å². The van der Waals surface area contributed by atoms with Crippen LogP contribution in [0.1, 0.15) is 31.2 Å². The molecule has 1 amide bonds. The lowest BCUT2D eigenvalue weighted by atomic mass is 9.98. The largest absolute Gasteiger partial charge is 0.341 e. The van der Waals surface area contributed by atoms with E-state index in [9.17, 15) is 9.59 Å². The summed E-state index contributed by atoms with van der Waals surface area (Å²) in [5, 5.41) is 1.21. The minimum absolute atomic E-state index is 0.0138. The maximum absolute atomic E-state index is 12.5. The van der Waals surface area contributed by atoms with Crippen molar-refractivity contribution in [1.82, 2.24) is 4.90 Å². The molecule has 0 spiro atoms. The lowest BCUT2D eigenvalue weighted by Crippen LogP contribution is -2.44. The Balaban J connectivity index is 1.67. The van der Waals surface area contributed by atoms with Crippen LogP contribution in [0.15, 0.2) is 18.2 Å². The summed E-state index contributed by atoms with van der Waals surface area (Å²) in [5.41, 5.74) is 1.03. The average molecular weight is 326 g/mol. The first-order valence-corrected chi connectivity index (χ1v) is 7.99. The molecule has 0 bridgehead atoms. The Bertz CT molecular complexity index is 582. The number of ketones is 1. The predicted octanol–water partition coefficient (Wildman–Crippen LogP) is 3.53. The predicted molar refractivity (Wildman–Crippen MR) is 82.7 cm³/mol. The molecule has 1 aromatic carbocycles. The number of benzene rings is 1. The van der Waals surface area contributed by atoms with Crippen LogP contribution >= 0.6 is 23.2 Å². The van der Waals surface area contributed by atoms with E-state index in [1.54, 1.807) is 6.07 Å². The fourth-order valence-electron chi connectivity index (χ4n) is 3.08. The number of carbonyl (C=O) groups is 2. The van der Waals surface area contributed by atoms with Gasteiger partial charge in [-0.1, -0.05) is 30.1 Å². The fourth-order valence-corrected chi connectivity index (χ4v) is 3.62. The zero-order valence-corrected chi connectivity index (χ0v) is 13.3. The monoisotopic (exact) mass is 325 g/mol. The Morgan fingerprint density at radius 3 is 2.52 bits per heavy atom. The van der Waals surface area contributed by atoms with Crippen LogP contribution < -0.4 is 0 Å². The number of hydrogen-bond acceptors (Lipinski definition) is 2. The number of piperidine rings is 1. The van der Waals surface area contributed by atoms with E-state index < -0.39 is 0 Å². The summed E-state index contributed by atoms with van der Waals surface area (Å²) < 4.78 is 0. The molecule has 21 heavy (non-hydrogen) atoms. The summed E-state index contributed by atoms with van der Waals surface area (Å²) >= 11 is 12.0. The van der Waals surface area contributed by atoms with Crippen LogP contribution in [0.3, 0.4) is 0 Å². The summed E-state index contributed by atoms with van der Waals surface area (Å²) in [7, 11) is 0. The van der Waals surface area contributed by atoms with E-state index in [2.05, 4.69) is 0 Å². The standard InChI is InChI=1S/C16H17Cl2NO2/c1-9-8-19(3-2-15(9)20)16(21)14-7-13(14)10-4-11(17)6-12(18)5-10/h4-6,9,13-14H,2-3,7-8H2,1H3/t9-,13+,14+/m1/s1. The van der Waals surface area contributed by atoms with Gasteiger partial charge in [0.25, 0.3) is 0 Å². The van der Waals surface area contributed by atoms with Gasteiger partial charge in [-0.2, -0.15) is 0 Å². The minimum atomic E-state index is -0.0412. The Morgan fingerprint density at radius 2 is 1.90 bits per heavy atom. The van der Waals surface area contributed by atoms with Crippen molar-refractivity contribution in [3.8, 4) is 0 Å². The van der Waals surface area contributed by atoms with Gasteiger partial charge in [-0.25, -0.2) is 0 Å². The van der Waals surface area contributed by atoms with E-state index in [1.165, 1.54) is 0 Å². The number of rotatable bonds is 2. The lowest BCUT2D eigenvalue weighted by Gasteiger charge is -2.30. The van der Waals surface area contributed by atoms with Gasteiger partial charge in [0.2, 0.25) is 5.91 Å². The summed E-state index contributed by atoms with van der Waals surface area (Å²) in [6.07, 6.45) is 1.32. The Hall–Kier alpha value is -1.06. The molecule has 2 fully saturated rings. The highest BCUT2D eigenvalue weighted by Crippen LogP contribution is 2.49. The topological polar surface area (TPSA) is 37.4 Å². The molecule has 0 N–H and O–H groups in total. The summed E-state index contributed by atoms with van der Waals surface area (Å²) in [4.78, 5) is 25.9. The molecule has 0 aromatic heterocycles. The van der Waals surface area contributed by atoms with Gasteiger partial charge in [0.05, 0.1) is 0 Å². The smallest absolute Gasteiger partial charge is 0.226 e. The number of nitrogens with zero attached hydrogens (tertiary/aromatic N) is 1. The highest BCUT2D eigenvalue weighted by atomic mass is 35.5. The number of hydrogen-bond donors (Lipinski definition) is 0. The highest BCUT2D eigenvalue weighted by molar-refractivity contribution is 6.34. The molecule has 3 rings (SSSR count). The van der Waals surface area contributed by atoms with Gasteiger partial charge in [-0.3, -0.25) is 9.59 Å². The first-order chi connectivity index (χ1) is 9.95. The second-order valence-corrected chi connectivity index (χ2v) is 6.93. The van der Waals surface area contributed by atoms with Crippen molar-refractivity contribution in [3.63, 3.8) is 0 Å². The minimum Gasteiger partial charge on any atom is -0.341 e. The second-order valence-electron chi connectivity index (χ2n) is 6.05. The lowest BCUT2D eigenvalue weighted by molar-refractivity contribution is -0.138. The van der Waals surface area contributed by atoms with Crippen LogP contribution in [0.4, 0.5) is 0 Å². The van der Waals surface area contributed by atoms with Crippen molar-refractivity contribution < 1.29 is 9.59 Å². The SMILES string of the molecule is C[C@@H]1CN(C(=O)[C@H]2C[C@H]2c2cc(Cl)cc(Cl)c2)CCC1=O. The van der Waals surface area contributed by atoms with Crippen LogP contribution in [0.5, 0.6) is 0 Å². The van der Waals surface area contributed by atoms with E-state index in [0.717, 1.165) is 12.0 Å². The average Bonchev–Trinajstić information content (AvgIpc) is 3.20. The van der Waals surface area contributed by atoms with Crippen LogP contribution in [0, 0.1) is 11.8 Å². The van der Waals surface area contributed by atoms with Crippen molar-refractivity contribution in [1.29, 1.82) is 0 Å². The zero-order chi connectivity index (χ0) is 15.1. The number of amides is 1. The molecule has 1 heterocycles. The van der Waals surface area contributed by atoms with Gasteiger partial charge in [-0.05, 0) is 36.1 Å². The molecule has 1 saturated carbocycles. The van der Waals surface area contributed by atoms with Crippen molar-refractivity contribution in [2.75, 3.05) is 13.1 Å². The Morgan fingerprint density at radius 1 is 1.24 bits per heavy atom.